The highest BCUT2D eigenvalue weighted by atomic mass is 16.4. The van der Waals surface area contributed by atoms with E-state index in [0.717, 1.165) is 31.2 Å². The Labute approximate surface area is 124 Å². The zero-order valence-electron chi connectivity index (χ0n) is 12.1. The minimum atomic E-state index is -0.731. The second-order valence-electron chi connectivity index (χ2n) is 5.65. The van der Waals surface area contributed by atoms with Crippen molar-refractivity contribution in [3.8, 4) is 0 Å². The Balaban J connectivity index is 1.74. The van der Waals surface area contributed by atoms with Gasteiger partial charge in [0.1, 0.15) is 0 Å². The number of hydrogen-bond acceptors (Lipinski definition) is 3. The topological polar surface area (TPSA) is 79.3 Å². The van der Waals surface area contributed by atoms with Gasteiger partial charge in [0.15, 0.2) is 0 Å². The second-order valence-corrected chi connectivity index (χ2v) is 5.65. The summed E-state index contributed by atoms with van der Waals surface area (Å²) >= 11 is 0. The number of carbonyl (C=O) groups excluding carboxylic acids is 1. The Hall–Kier alpha value is -1.91. The van der Waals surface area contributed by atoms with Crippen LogP contribution in [0.15, 0.2) is 24.5 Å². The first-order valence-corrected chi connectivity index (χ1v) is 7.55. The largest absolute Gasteiger partial charge is 0.481 e. The molecule has 2 atom stereocenters. The molecule has 0 spiro atoms. The summed E-state index contributed by atoms with van der Waals surface area (Å²) in [6.45, 7) is 0.478. The van der Waals surface area contributed by atoms with Gasteiger partial charge in [0.25, 0.3) is 0 Å². The van der Waals surface area contributed by atoms with Crippen molar-refractivity contribution in [2.45, 2.75) is 38.5 Å². The molecule has 2 N–H and O–H groups in total. The van der Waals surface area contributed by atoms with E-state index in [1.165, 1.54) is 0 Å². The monoisotopic (exact) mass is 290 g/mol. The van der Waals surface area contributed by atoms with E-state index in [1.807, 2.05) is 12.1 Å². The van der Waals surface area contributed by atoms with Crippen molar-refractivity contribution < 1.29 is 14.7 Å². The third-order valence-corrected chi connectivity index (χ3v) is 4.18. The van der Waals surface area contributed by atoms with E-state index < -0.39 is 5.97 Å². The zero-order valence-corrected chi connectivity index (χ0v) is 12.1. The number of pyridine rings is 1. The molecule has 0 bridgehead atoms. The fourth-order valence-electron chi connectivity index (χ4n) is 2.92. The number of rotatable bonds is 6. The lowest BCUT2D eigenvalue weighted by molar-refractivity contribution is -0.145. The number of carboxylic acids is 1. The normalized spacial score (nSPS) is 21.7. The maximum Gasteiger partial charge on any atom is 0.306 e. The fourth-order valence-corrected chi connectivity index (χ4v) is 2.92. The summed E-state index contributed by atoms with van der Waals surface area (Å²) < 4.78 is 0. The first-order valence-electron chi connectivity index (χ1n) is 7.55. The summed E-state index contributed by atoms with van der Waals surface area (Å²) in [4.78, 5) is 27.0. The summed E-state index contributed by atoms with van der Waals surface area (Å²) in [6, 6.07) is 3.80. The van der Waals surface area contributed by atoms with Crippen LogP contribution in [-0.2, 0) is 16.0 Å². The van der Waals surface area contributed by atoms with Crippen LogP contribution in [0, 0.1) is 11.8 Å². The molecule has 0 radical (unpaired) electrons. The minimum absolute atomic E-state index is 0.0125. The van der Waals surface area contributed by atoms with Crippen LogP contribution >= 0.6 is 0 Å². The number of carbonyl (C=O) groups is 2. The van der Waals surface area contributed by atoms with Crippen LogP contribution in [0.25, 0.3) is 0 Å². The molecule has 1 saturated carbocycles. The Morgan fingerprint density at radius 3 is 2.67 bits per heavy atom. The first-order chi connectivity index (χ1) is 10.2. The van der Waals surface area contributed by atoms with Crippen molar-refractivity contribution in [2.75, 3.05) is 6.54 Å². The second kappa shape index (κ2) is 7.76. The smallest absolute Gasteiger partial charge is 0.306 e. The first kappa shape index (κ1) is 15.5. The van der Waals surface area contributed by atoms with E-state index in [4.69, 9.17) is 0 Å². The van der Waals surface area contributed by atoms with Crippen LogP contribution in [0.4, 0.5) is 0 Å². The third-order valence-electron chi connectivity index (χ3n) is 4.18. The molecule has 0 aliphatic heterocycles. The lowest BCUT2D eigenvalue weighted by atomic mass is 9.79. The maximum absolute atomic E-state index is 11.9. The van der Waals surface area contributed by atoms with Gasteiger partial charge in [0.05, 0.1) is 5.92 Å². The molecule has 1 aromatic heterocycles. The lowest BCUT2D eigenvalue weighted by Gasteiger charge is -2.28. The van der Waals surface area contributed by atoms with Gasteiger partial charge in [-0.1, -0.05) is 12.8 Å². The predicted octanol–water partition coefficient (Wildman–Crippen LogP) is 2.02. The highest BCUT2D eigenvalue weighted by Gasteiger charge is 2.30. The molecule has 2 unspecified atom stereocenters. The van der Waals surface area contributed by atoms with Crippen molar-refractivity contribution in [3.63, 3.8) is 0 Å². The van der Waals surface area contributed by atoms with Crippen molar-refractivity contribution in [1.82, 2.24) is 10.3 Å². The highest BCUT2D eigenvalue weighted by molar-refractivity contribution is 5.76. The zero-order chi connectivity index (χ0) is 15.1. The molecular weight excluding hydrogens is 268 g/mol. The van der Waals surface area contributed by atoms with Crippen LogP contribution in [0.2, 0.25) is 0 Å². The number of carboxylic acid groups (broad SMARTS) is 1. The molecule has 1 amide bonds. The lowest BCUT2D eigenvalue weighted by Crippen LogP contribution is -2.37. The quantitative estimate of drug-likeness (QED) is 0.840. The van der Waals surface area contributed by atoms with Gasteiger partial charge in [0, 0.05) is 25.4 Å². The van der Waals surface area contributed by atoms with Gasteiger partial charge in [-0.05, 0) is 42.9 Å². The van der Waals surface area contributed by atoms with Crippen LogP contribution in [-0.4, -0.2) is 28.5 Å². The number of nitrogens with one attached hydrogen (secondary N) is 1. The van der Waals surface area contributed by atoms with Gasteiger partial charge in [-0.25, -0.2) is 0 Å². The molecular formula is C16H22N2O3. The predicted molar refractivity (Wildman–Crippen MR) is 78.7 cm³/mol. The molecule has 21 heavy (non-hydrogen) atoms. The van der Waals surface area contributed by atoms with E-state index in [-0.39, 0.29) is 17.7 Å². The number of aliphatic carboxylic acids is 1. The Kier molecular flexibility index (Phi) is 5.72. The van der Waals surface area contributed by atoms with E-state index >= 15 is 0 Å². The SMILES string of the molecule is O=C(CCc1ccncc1)NCC1CCCCC1C(=O)O. The van der Waals surface area contributed by atoms with Crippen LogP contribution in [0.1, 0.15) is 37.7 Å². The summed E-state index contributed by atoms with van der Waals surface area (Å²) in [5.74, 6) is -0.979. The molecule has 114 valence electrons. The number of aromatic nitrogens is 1. The van der Waals surface area contributed by atoms with Gasteiger partial charge in [-0.3, -0.25) is 14.6 Å². The van der Waals surface area contributed by atoms with Crippen LogP contribution < -0.4 is 5.32 Å². The van der Waals surface area contributed by atoms with Gasteiger partial charge in [-0.2, -0.15) is 0 Å². The van der Waals surface area contributed by atoms with E-state index in [9.17, 15) is 14.7 Å². The van der Waals surface area contributed by atoms with Gasteiger partial charge < -0.3 is 10.4 Å². The molecule has 2 rings (SSSR count). The Bertz CT molecular complexity index is 476. The van der Waals surface area contributed by atoms with E-state index in [2.05, 4.69) is 10.3 Å². The van der Waals surface area contributed by atoms with Crippen molar-refractivity contribution in [1.29, 1.82) is 0 Å². The molecule has 1 fully saturated rings. The summed E-state index contributed by atoms with van der Waals surface area (Å²) in [6.07, 6.45) is 8.19. The van der Waals surface area contributed by atoms with E-state index in [0.29, 0.717) is 19.4 Å². The van der Waals surface area contributed by atoms with Crippen molar-refractivity contribution >= 4 is 11.9 Å². The summed E-state index contributed by atoms with van der Waals surface area (Å²) in [7, 11) is 0. The molecule has 1 heterocycles. The molecule has 1 aliphatic carbocycles. The average Bonchev–Trinajstić information content (AvgIpc) is 2.52. The van der Waals surface area contributed by atoms with E-state index in [1.54, 1.807) is 12.4 Å². The van der Waals surface area contributed by atoms with Gasteiger partial charge in [-0.15, -0.1) is 0 Å². The molecule has 1 aliphatic rings. The third kappa shape index (κ3) is 4.85. The summed E-state index contributed by atoms with van der Waals surface area (Å²) in [5, 5.41) is 12.1. The number of aryl methyl sites for hydroxylation is 1. The molecule has 1 aromatic rings. The average molecular weight is 290 g/mol. The summed E-state index contributed by atoms with van der Waals surface area (Å²) in [5.41, 5.74) is 1.08. The molecule has 5 nitrogen and oxygen atoms in total. The highest BCUT2D eigenvalue weighted by Crippen LogP contribution is 2.29. The van der Waals surface area contributed by atoms with Crippen LogP contribution in [0.5, 0.6) is 0 Å². The van der Waals surface area contributed by atoms with Gasteiger partial charge in [0.2, 0.25) is 5.91 Å². The number of amides is 1. The number of nitrogens with zero attached hydrogens (tertiary/aromatic N) is 1. The van der Waals surface area contributed by atoms with Crippen molar-refractivity contribution in [2.24, 2.45) is 11.8 Å². The molecule has 0 saturated heterocycles. The van der Waals surface area contributed by atoms with Crippen molar-refractivity contribution in [3.05, 3.63) is 30.1 Å². The standard InChI is InChI=1S/C16H22N2O3/c19-15(6-5-12-7-9-17-10-8-12)18-11-13-3-1-2-4-14(13)16(20)21/h7-10,13-14H,1-6,11H2,(H,18,19)(H,20,21). The van der Waals surface area contributed by atoms with Gasteiger partial charge >= 0.3 is 5.97 Å². The maximum atomic E-state index is 11.9. The minimum Gasteiger partial charge on any atom is -0.481 e. The Morgan fingerprint density at radius 1 is 1.24 bits per heavy atom. The molecule has 0 aromatic carbocycles. The molecule has 5 heteroatoms. The van der Waals surface area contributed by atoms with Crippen LogP contribution in [0.3, 0.4) is 0 Å². The Morgan fingerprint density at radius 2 is 1.95 bits per heavy atom. The number of hydrogen-bond donors (Lipinski definition) is 2. The fraction of sp³-hybridized carbons (Fsp3) is 0.562.